The summed E-state index contributed by atoms with van der Waals surface area (Å²) in [6.07, 6.45) is 3.74. The molecule has 2 amide bonds. The van der Waals surface area contributed by atoms with Gasteiger partial charge >= 0.3 is 0 Å². The molecule has 1 aliphatic rings. The number of rotatable bonds is 13. The molecule has 0 bridgehead atoms. The van der Waals surface area contributed by atoms with Crippen LogP contribution < -0.4 is 24.8 Å². The molecule has 1 saturated heterocycles. The predicted octanol–water partition coefficient (Wildman–Crippen LogP) is 3.39. The normalized spacial score (nSPS) is 14.3. The van der Waals surface area contributed by atoms with E-state index in [0.29, 0.717) is 42.4 Å². The Balaban J connectivity index is 1.66. The van der Waals surface area contributed by atoms with Crippen LogP contribution in [-0.2, 0) is 11.4 Å². The average Bonchev–Trinajstić information content (AvgIpc) is 3.40. The molecule has 0 spiro atoms. The van der Waals surface area contributed by atoms with E-state index in [1.807, 2.05) is 37.3 Å². The molecular weight excluding hydrogens is 446 g/mol. The SMILES string of the molecule is CCC[C@H](NC(=O)c1cc(OC)c(OCc2ccccc2)c(OC)c1)C(=O)NCCN1CCCC1. The molecule has 0 aliphatic carbocycles. The van der Waals surface area contributed by atoms with E-state index < -0.39 is 6.04 Å². The zero-order valence-corrected chi connectivity index (χ0v) is 21.0. The fourth-order valence-corrected chi connectivity index (χ4v) is 4.15. The highest BCUT2D eigenvalue weighted by Crippen LogP contribution is 2.39. The second-order valence-corrected chi connectivity index (χ2v) is 8.64. The number of benzene rings is 2. The Morgan fingerprint density at radius 3 is 2.29 bits per heavy atom. The summed E-state index contributed by atoms with van der Waals surface area (Å²) in [5.74, 6) is 0.644. The molecule has 0 unspecified atom stereocenters. The van der Waals surface area contributed by atoms with Crippen molar-refractivity contribution < 1.29 is 23.8 Å². The molecule has 8 nitrogen and oxygen atoms in total. The highest BCUT2D eigenvalue weighted by molar-refractivity contribution is 5.98. The van der Waals surface area contributed by atoms with Crippen molar-refractivity contribution in [1.82, 2.24) is 15.5 Å². The maximum absolute atomic E-state index is 13.1. The number of nitrogens with zero attached hydrogens (tertiary/aromatic N) is 1. The Labute approximate surface area is 207 Å². The monoisotopic (exact) mass is 483 g/mol. The van der Waals surface area contributed by atoms with Gasteiger partial charge in [0, 0.05) is 18.7 Å². The molecule has 0 radical (unpaired) electrons. The molecule has 1 aliphatic heterocycles. The van der Waals surface area contributed by atoms with E-state index in [1.54, 1.807) is 12.1 Å². The summed E-state index contributed by atoms with van der Waals surface area (Å²) in [5.41, 5.74) is 1.33. The van der Waals surface area contributed by atoms with E-state index in [1.165, 1.54) is 27.1 Å². The van der Waals surface area contributed by atoms with Crippen LogP contribution in [0.2, 0.25) is 0 Å². The lowest BCUT2D eigenvalue weighted by Gasteiger charge is -2.20. The van der Waals surface area contributed by atoms with Crippen molar-refractivity contribution in [2.75, 3.05) is 40.4 Å². The number of carbonyl (C=O) groups is 2. The minimum atomic E-state index is -0.614. The third-order valence-electron chi connectivity index (χ3n) is 6.07. The maximum Gasteiger partial charge on any atom is 0.252 e. The van der Waals surface area contributed by atoms with Crippen LogP contribution in [0.3, 0.4) is 0 Å². The third kappa shape index (κ3) is 7.62. The smallest absolute Gasteiger partial charge is 0.252 e. The fourth-order valence-electron chi connectivity index (χ4n) is 4.15. The highest BCUT2D eigenvalue weighted by atomic mass is 16.5. The number of hydrogen-bond acceptors (Lipinski definition) is 6. The van der Waals surface area contributed by atoms with Gasteiger partial charge in [-0.3, -0.25) is 9.59 Å². The number of amides is 2. The Bertz CT molecular complexity index is 936. The van der Waals surface area contributed by atoms with E-state index in [9.17, 15) is 9.59 Å². The van der Waals surface area contributed by atoms with Gasteiger partial charge in [-0.1, -0.05) is 43.7 Å². The van der Waals surface area contributed by atoms with E-state index in [2.05, 4.69) is 15.5 Å². The zero-order chi connectivity index (χ0) is 25.0. The highest BCUT2D eigenvalue weighted by Gasteiger charge is 2.23. The summed E-state index contributed by atoms with van der Waals surface area (Å²) in [5, 5.41) is 5.85. The third-order valence-corrected chi connectivity index (χ3v) is 6.07. The van der Waals surface area contributed by atoms with Crippen LogP contribution >= 0.6 is 0 Å². The van der Waals surface area contributed by atoms with Crippen molar-refractivity contribution in [3.05, 3.63) is 53.6 Å². The Hall–Kier alpha value is -3.26. The minimum Gasteiger partial charge on any atom is -0.493 e. The molecule has 2 aromatic carbocycles. The molecule has 3 rings (SSSR count). The van der Waals surface area contributed by atoms with Crippen LogP contribution in [0, 0.1) is 0 Å². The van der Waals surface area contributed by atoms with Crippen molar-refractivity contribution in [2.24, 2.45) is 0 Å². The largest absolute Gasteiger partial charge is 0.493 e. The number of hydrogen-bond donors (Lipinski definition) is 2. The molecule has 0 aromatic heterocycles. The number of carbonyl (C=O) groups excluding carboxylic acids is 2. The molecule has 1 heterocycles. The predicted molar refractivity (Wildman–Crippen MR) is 135 cm³/mol. The lowest BCUT2D eigenvalue weighted by Crippen LogP contribution is -2.48. The van der Waals surface area contributed by atoms with E-state index in [0.717, 1.165) is 31.6 Å². The van der Waals surface area contributed by atoms with Gasteiger partial charge in [0.25, 0.3) is 5.91 Å². The first-order valence-electron chi connectivity index (χ1n) is 12.3. The van der Waals surface area contributed by atoms with Gasteiger partial charge in [0.15, 0.2) is 11.5 Å². The van der Waals surface area contributed by atoms with Gasteiger partial charge in [-0.2, -0.15) is 0 Å². The minimum absolute atomic E-state index is 0.166. The Kier molecular flexibility index (Phi) is 10.2. The molecular formula is C27H37N3O5. The van der Waals surface area contributed by atoms with Crippen LogP contribution in [0.4, 0.5) is 0 Å². The molecule has 2 aromatic rings. The lowest BCUT2D eigenvalue weighted by molar-refractivity contribution is -0.123. The fraction of sp³-hybridized carbons (Fsp3) is 0.481. The maximum atomic E-state index is 13.1. The molecule has 2 N–H and O–H groups in total. The summed E-state index contributed by atoms with van der Waals surface area (Å²) in [7, 11) is 3.03. The van der Waals surface area contributed by atoms with Crippen molar-refractivity contribution in [3.63, 3.8) is 0 Å². The quantitative estimate of drug-likeness (QED) is 0.454. The molecule has 0 saturated carbocycles. The number of nitrogens with one attached hydrogen (secondary N) is 2. The van der Waals surface area contributed by atoms with Crippen molar-refractivity contribution >= 4 is 11.8 Å². The van der Waals surface area contributed by atoms with Gasteiger partial charge in [-0.05, 0) is 50.0 Å². The standard InChI is InChI=1S/C27H37N3O5/c1-4-10-22(27(32)28-13-16-30-14-8-9-15-30)29-26(31)21-17-23(33-2)25(24(18-21)34-3)35-19-20-11-6-5-7-12-20/h5-7,11-12,17-18,22H,4,8-10,13-16,19H2,1-3H3,(H,28,32)(H,29,31)/t22-/m0/s1. The van der Waals surface area contributed by atoms with Gasteiger partial charge in [-0.25, -0.2) is 0 Å². The van der Waals surface area contributed by atoms with Crippen molar-refractivity contribution in [1.29, 1.82) is 0 Å². The van der Waals surface area contributed by atoms with Gasteiger partial charge in [0.05, 0.1) is 14.2 Å². The van der Waals surface area contributed by atoms with Crippen LogP contribution in [0.25, 0.3) is 0 Å². The molecule has 190 valence electrons. The summed E-state index contributed by atoms with van der Waals surface area (Å²) in [6.45, 7) is 5.89. The first kappa shape index (κ1) is 26.3. The summed E-state index contributed by atoms with van der Waals surface area (Å²) in [6, 6.07) is 12.3. The summed E-state index contributed by atoms with van der Waals surface area (Å²) >= 11 is 0. The van der Waals surface area contributed by atoms with E-state index in [4.69, 9.17) is 14.2 Å². The van der Waals surface area contributed by atoms with Crippen LogP contribution in [0.1, 0.15) is 48.5 Å². The summed E-state index contributed by atoms with van der Waals surface area (Å²) in [4.78, 5) is 28.2. The molecule has 35 heavy (non-hydrogen) atoms. The van der Waals surface area contributed by atoms with Crippen molar-refractivity contribution in [3.8, 4) is 17.2 Å². The van der Waals surface area contributed by atoms with Crippen molar-refractivity contribution in [2.45, 2.75) is 45.3 Å². The molecule has 1 fully saturated rings. The van der Waals surface area contributed by atoms with Gasteiger partial charge < -0.3 is 29.7 Å². The van der Waals surface area contributed by atoms with Gasteiger partial charge in [0.2, 0.25) is 11.7 Å². The Morgan fingerprint density at radius 2 is 1.69 bits per heavy atom. The number of methoxy groups -OCH3 is 2. The first-order valence-corrected chi connectivity index (χ1v) is 12.3. The number of likely N-dealkylation sites (tertiary alicyclic amines) is 1. The second kappa shape index (κ2) is 13.6. The van der Waals surface area contributed by atoms with Crippen LogP contribution in [-0.4, -0.2) is 63.2 Å². The lowest BCUT2D eigenvalue weighted by atomic mass is 10.1. The second-order valence-electron chi connectivity index (χ2n) is 8.64. The summed E-state index contributed by atoms with van der Waals surface area (Å²) < 4.78 is 17.0. The zero-order valence-electron chi connectivity index (χ0n) is 21.0. The van der Waals surface area contributed by atoms with E-state index in [-0.39, 0.29) is 11.8 Å². The topological polar surface area (TPSA) is 89.1 Å². The van der Waals surface area contributed by atoms with Gasteiger partial charge in [-0.15, -0.1) is 0 Å². The van der Waals surface area contributed by atoms with Crippen LogP contribution in [0.5, 0.6) is 17.2 Å². The van der Waals surface area contributed by atoms with E-state index >= 15 is 0 Å². The average molecular weight is 484 g/mol. The molecule has 8 heteroatoms. The van der Waals surface area contributed by atoms with Gasteiger partial charge in [0.1, 0.15) is 12.6 Å². The Morgan fingerprint density at radius 1 is 1.03 bits per heavy atom. The molecule has 1 atom stereocenters. The first-order chi connectivity index (χ1) is 17.0. The van der Waals surface area contributed by atoms with Crippen LogP contribution in [0.15, 0.2) is 42.5 Å². The number of ether oxygens (including phenoxy) is 3.